The second-order valence-corrected chi connectivity index (χ2v) is 5.17. The normalized spacial score (nSPS) is 11.5. The highest BCUT2D eigenvalue weighted by Gasteiger charge is 2.21. The Kier molecular flexibility index (Phi) is 3.52. The first-order valence-corrected chi connectivity index (χ1v) is 5.46. The monoisotopic (exact) mass is 201 g/mol. The van der Waals surface area contributed by atoms with Crippen molar-refractivity contribution in [3.05, 3.63) is 35.4 Å². The fraction of sp³-hybridized carbons (Fsp3) is 0.500. The largest absolute Gasteiger partial charge is 0.192 e. The van der Waals surface area contributed by atoms with Crippen LogP contribution in [-0.4, -0.2) is 0 Å². The molecule has 0 fully saturated rings. The second kappa shape index (κ2) is 4.49. The molecule has 1 rings (SSSR count). The maximum atomic E-state index is 8.73. The van der Waals surface area contributed by atoms with E-state index in [2.05, 4.69) is 45.9 Å². The minimum Gasteiger partial charge on any atom is -0.192 e. The number of hydrogen-bond acceptors (Lipinski definition) is 1. The molecule has 0 aliphatic rings. The smallest absolute Gasteiger partial charge is 0.0991 e. The van der Waals surface area contributed by atoms with Crippen LogP contribution in [0.5, 0.6) is 0 Å². The minimum absolute atomic E-state index is 0.197. The zero-order chi connectivity index (χ0) is 11.5. The van der Waals surface area contributed by atoms with Crippen molar-refractivity contribution in [3.8, 4) is 6.07 Å². The molecular weight excluding hydrogens is 182 g/mol. The lowest BCUT2D eigenvalue weighted by molar-refractivity contribution is 0.400. The SMILES string of the molecule is CC(C)CC(C)(C)c1ccc(C#N)cc1. The van der Waals surface area contributed by atoms with Gasteiger partial charge in [0.05, 0.1) is 11.6 Å². The number of benzene rings is 1. The molecule has 0 heterocycles. The maximum Gasteiger partial charge on any atom is 0.0991 e. The summed E-state index contributed by atoms with van der Waals surface area (Å²) in [4.78, 5) is 0. The maximum absolute atomic E-state index is 8.73. The van der Waals surface area contributed by atoms with Gasteiger partial charge in [0.15, 0.2) is 0 Å². The first kappa shape index (κ1) is 11.8. The molecule has 1 aromatic rings. The molecule has 0 radical (unpaired) electrons. The molecule has 0 saturated carbocycles. The third-order valence-corrected chi connectivity index (χ3v) is 2.71. The van der Waals surface area contributed by atoms with Crippen molar-refractivity contribution < 1.29 is 0 Å². The molecule has 1 aromatic carbocycles. The van der Waals surface area contributed by atoms with Crippen LogP contribution < -0.4 is 0 Å². The van der Waals surface area contributed by atoms with Gasteiger partial charge in [-0.2, -0.15) is 5.26 Å². The predicted octanol–water partition coefficient (Wildman–Crippen LogP) is 3.88. The Morgan fingerprint density at radius 2 is 1.73 bits per heavy atom. The van der Waals surface area contributed by atoms with Crippen LogP contribution in [0.15, 0.2) is 24.3 Å². The number of nitrogens with zero attached hydrogens (tertiary/aromatic N) is 1. The lowest BCUT2D eigenvalue weighted by Gasteiger charge is -2.27. The van der Waals surface area contributed by atoms with Gasteiger partial charge in [0, 0.05) is 0 Å². The Labute approximate surface area is 92.7 Å². The highest BCUT2D eigenvalue weighted by molar-refractivity contribution is 5.34. The standard InChI is InChI=1S/C14H19N/c1-11(2)9-14(3,4)13-7-5-12(10-15)6-8-13/h5-8,11H,9H2,1-4H3. The van der Waals surface area contributed by atoms with Crippen LogP contribution in [0, 0.1) is 17.2 Å². The molecule has 80 valence electrons. The Balaban J connectivity index is 2.91. The van der Waals surface area contributed by atoms with E-state index in [4.69, 9.17) is 5.26 Å². The van der Waals surface area contributed by atoms with Gasteiger partial charge in [-0.15, -0.1) is 0 Å². The fourth-order valence-corrected chi connectivity index (χ4v) is 2.13. The van der Waals surface area contributed by atoms with Crippen molar-refractivity contribution in [2.24, 2.45) is 5.92 Å². The Bertz CT molecular complexity index is 352. The van der Waals surface area contributed by atoms with E-state index in [1.54, 1.807) is 0 Å². The van der Waals surface area contributed by atoms with Gasteiger partial charge in [0.1, 0.15) is 0 Å². The Morgan fingerprint density at radius 3 is 2.13 bits per heavy atom. The van der Waals surface area contributed by atoms with Gasteiger partial charge in [-0.1, -0.05) is 39.8 Å². The molecule has 15 heavy (non-hydrogen) atoms. The third kappa shape index (κ3) is 3.09. The molecule has 0 unspecified atom stereocenters. The van der Waals surface area contributed by atoms with Crippen molar-refractivity contribution in [1.29, 1.82) is 5.26 Å². The lowest BCUT2D eigenvalue weighted by atomic mass is 9.78. The number of rotatable bonds is 3. The third-order valence-electron chi connectivity index (χ3n) is 2.71. The highest BCUT2D eigenvalue weighted by Crippen LogP contribution is 2.30. The van der Waals surface area contributed by atoms with Crippen molar-refractivity contribution in [1.82, 2.24) is 0 Å². The molecule has 0 aliphatic heterocycles. The molecule has 1 heteroatoms. The number of nitriles is 1. The molecular formula is C14H19N. The topological polar surface area (TPSA) is 23.8 Å². The summed E-state index contributed by atoms with van der Waals surface area (Å²) in [6, 6.07) is 10.1. The second-order valence-electron chi connectivity index (χ2n) is 5.17. The van der Waals surface area contributed by atoms with Gasteiger partial charge in [-0.3, -0.25) is 0 Å². The quantitative estimate of drug-likeness (QED) is 0.728. The Hall–Kier alpha value is -1.29. The van der Waals surface area contributed by atoms with Crippen LogP contribution in [0.1, 0.15) is 45.2 Å². The molecule has 0 amide bonds. The summed E-state index contributed by atoms with van der Waals surface area (Å²) in [5, 5.41) is 8.73. The lowest BCUT2D eigenvalue weighted by Crippen LogP contribution is -2.19. The fourth-order valence-electron chi connectivity index (χ4n) is 2.13. The van der Waals surface area contributed by atoms with E-state index in [0.29, 0.717) is 5.92 Å². The van der Waals surface area contributed by atoms with Crippen molar-refractivity contribution in [2.45, 2.75) is 39.5 Å². The molecule has 0 spiro atoms. The van der Waals surface area contributed by atoms with E-state index in [1.807, 2.05) is 12.1 Å². The summed E-state index contributed by atoms with van der Waals surface area (Å²) in [6.07, 6.45) is 1.17. The Morgan fingerprint density at radius 1 is 1.20 bits per heavy atom. The molecule has 0 bridgehead atoms. The molecule has 0 aromatic heterocycles. The van der Waals surface area contributed by atoms with Crippen molar-refractivity contribution in [3.63, 3.8) is 0 Å². The average Bonchev–Trinajstić information content (AvgIpc) is 2.16. The molecule has 0 saturated heterocycles. The van der Waals surface area contributed by atoms with E-state index in [9.17, 15) is 0 Å². The molecule has 0 atom stereocenters. The molecule has 0 aliphatic carbocycles. The van der Waals surface area contributed by atoms with Crippen molar-refractivity contribution >= 4 is 0 Å². The summed E-state index contributed by atoms with van der Waals surface area (Å²) in [6.45, 7) is 9.00. The summed E-state index contributed by atoms with van der Waals surface area (Å²) in [7, 11) is 0. The summed E-state index contributed by atoms with van der Waals surface area (Å²) in [5.74, 6) is 0.690. The van der Waals surface area contributed by atoms with Crippen LogP contribution >= 0.6 is 0 Å². The zero-order valence-corrected chi connectivity index (χ0v) is 10.0. The zero-order valence-electron chi connectivity index (χ0n) is 10.0. The van der Waals surface area contributed by atoms with Crippen LogP contribution in [-0.2, 0) is 5.41 Å². The van der Waals surface area contributed by atoms with Crippen LogP contribution in [0.3, 0.4) is 0 Å². The van der Waals surface area contributed by atoms with E-state index >= 15 is 0 Å². The van der Waals surface area contributed by atoms with Gasteiger partial charge in [-0.25, -0.2) is 0 Å². The van der Waals surface area contributed by atoms with Crippen LogP contribution in [0.4, 0.5) is 0 Å². The first-order chi connectivity index (χ1) is 6.95. The van der Waals surface area contributed by atoms with Crippen LogP contribution in [0.2, 0.25) is 0 Å². The first-order valence-electron chi connectivity index (χ1n) is 5.46. The summed E-state index contributed by atoms with van der Waals surface area (Å²) in [5.41, 5.74) is 2.25. The number of hydrogen-bond donors (Lipinski definition) is 0. The van der Waals surface area contributed by atoms with Crippen LogP contribution in [0.25, 0.3) is 0 Å². The molecule has 0 N–H and O–H groups in total. The average molecular weight is 201 g/mol. The van der Waals surface area contributed by atoms with E-state index < -0.39 is 0 Å². The van der Waals surface area contributed by atoms with E-state index in [-0.39, 0.29) is 5.41 Å². The predicted molar refractivity (Wildman–Crippen MR) is 63.6 cm³/mol. The van der Waals surface area contributed by atoms with E-state index in [1.165, 1.54) is 12.0 Å². The van der Waals surface area contributed by atoms with E-state index in [0.717, 1.165) is 5.56 Å². The summed E-state index contributed by atoms with van der Waals surface area (Å²) >= 11 is 0. The van der Waals surface area contributed by atoms with Gasteiger partial charge < -0.3 is 0 Å². The summed E-state index contributed by atoms with van der Waals surface area (Å²) < 4.78 is 0. The van der Waals surface area contributed by atoms with Crippen molar-refractivity contribution in [2.75, 3.05) is 0 Å². The highest BCUT2D eigenvalue weighted by atomic mass is 14.3. The van der Waals surface area contributed by atoms with Gasteiger partial charge in [0.25, 0.3) is 0 Å². The van der Waals surface area contributed by atoms with Gasteiger partial charge in [-0.05, 0) is 35.4 Å². The van der Waals surface area contributed by atoms with Gasteiger partial charge >= 0.3 is 0 Å². The molecule has 1 nitrogen and oxygen atoms in total. The van der Waals surface area contributed by atoms with Gasteiger partial charge in [0.2, 0.25) is 0 Å². The minimum atomic E-state index is 0.197.